The molecule has 1 heterocycles. The molecule has 1 fully saturated rings. The lowest BCUT2D eigenvalue weighted by atomic mass is 9.96. The molecular formula is C13H19BrN2. The summed E-state index contributed by atoms with van der Waals surface area (Å²) in [6, 6.07) is 7.00. The van der Waals surface area contributed by atoms with E-state index < -0.39 is 0 Å². The number of nitrogens with two attached hydrogens (primary N) is 1. The monoisotopic (exact) mass is 282 g/mol. The van der Waals surface area contributed by atoms with E-state index in [1.54, 1.807) is 0 Å². The molecule has 2 nitrogen and oxygen atoms in total. The Balaban J connectivity index is 2.28. The van der Waals surface area contributed by atoms with E-state index in [2.05, 4.69) is 53.0 Å². The standard InChI is InChI=1S/C13H19BrN2/c1-9-11(4-3-5-12(9)14)13-6-10(7-15)8-16(13)2/h3-5,10,13H,6-8,15H2,1-2H3. The van der Waals surface area contributed by atoms with Gasteiger partial charge in [-0.2, -0.15) is 0 Å². The fourth-order valence-corrected chi connectivity index (χ4v) is 3.01. The summed E-state index contributed by atoms with van der Waals surface area (Å²) in [7, 11) is 2.20. The summed E-state index contributed by atoms with van der Waals surface area (Å²) < 4.78 is 1.20. The topological polar surface area (TPSA) is 29.3 Å². The maximum Gasteiger partial charge on any atom is 0.0351 e. The average Bonchev–Trinajstić information content (AvgIpc) is 2.64. The van der Waals surface area contributed by atoms with Gasteiger partial charge in [0.25, 0.3) is 0 Å². The number of hydrogen-bond acceptors (Lipinski definition) is 2. The lowest BCUT2D eigenvalue weighted by Gasteiger charge is -2.22. The second kappa shape index (κ2) is 4.86. The van der Waals surface area contributed by atoms with E-state index >= 15 is 0 Å². The molecule has 1 aliphatic rings. The van der Waals surface area contributed by atoms with Crippen LogP contribution in [0.25, 0.3) is 0 Å². The fourth-order valence-electron chi connectivity index (χ4n) is 2.63. The maximum absolute atomic E-state index is 5.77. The Hall–Kier alpha value is -0.380. The number of hydrogen-bond donors (Lipinski definition) is 1. The first kappa shape index (κ1) is 12.1. The number of halogens is 1. The van der Waals surface area contributed by atoms with E-state index in [0.29, 0.717) is 12.0 Å². The highest BCUT2D eigenvalue weighted by molar-refractivity contribution is 9.10. The van der Waals surface area contributed by atoms with Gasteiger partial charge in [0, 0.05) is 17.1 Å². The largest absolute Gasteiger partial charge is 0.330 e. The molecule has 1 aromatic rings. The van der Waals surface area contributed by atoms with Crippen molar-refractivity contribution in [3.8, 4) is 0 Å². The minimum atomic E-state index is 0.533. The predicted molar refractivity (Wildman–Crippen MR) is 71.4 cm³/mol. The van der Waals surface area contributed by atoms with Crippen LogP contribution in [0.1, 0.15) is 23.6 Å². The molecule has 0 radical (unpaired) electrons. The van der Waals surface area contributed by atoms with E-state index in [1.165, 1.54) is 22.0 Å². The minimum absolute atomic E-state index is 0.533. The van der Waals surface area contributed by atoms with Gasteiger partial charge in [-0.05, 0) is 50.0 Å². The Labute approximate surface area is 106 Å². The van der Waals surface area contributed by atoms with Gasteiger partial charge in [-0.15, -0.1) is 0 Å². The maximum atomic E-state index is 5.77. The van der Waals surface area contributed by atoms with Gasteiger partial charge in [-0.1, -0.05) is 28.1 Å². The van der Waals surface area contributed by atoms with Crippen molar-refractivity contribution in [2.75, 3.05) is 20.1 Å². The summed E-state index contributed by atoms with van der Waals surface area (Å²) >= 11 is 3.60. The molecule has 0 spiro atoms. The Morgan fingerprint density at radius 1 is 1.50 bits per heavy atom. The Kier molecular flexibility index (Phi) is 3.67. The van der Waals surface area contributed by atoms with Gasteiger partial charge in [-0.25, -0.2) is 0 Å². The van der Waals surface area contributed by atoms with Crippen LogP contribution in [0.2, 0.25) is 0 Å². The summed E-state index contributed by atoms with van der Waals surface area (Å²) in [6.45, 7) is 4.10. The first-order valence-electron chi connectivity index (χ1n) is 5.78. The SMILES string of the molecule is Cc1c(Br)cccc1C1CC(CN)CN1C. The van der Waals surface area contributed by atoms with Gasteiger partial charge >= 0.3 is 0 Å². The molecule has 0 aromatic heterocycles. The van der Waals surface area contributed by atoms with Gasteiger partial charge in [-0.3, -0.25) is 4.90 Å². The van der Waals surface area contributed by atoms with E-state index in [4.69, 9.17) is 5.73 Å². The highest BCUT2D eigenvalue weighted by atomic mass is 79.9. The highest BCUT2D eigenvalue weighted by Gasteiger charge is 2.30. The van der Waals surface area contributed by atoms with Crippen LogP contribution in [-0.4, -0.2) is 25.0 Å². The number of nitrogens with zero attached hydrogens (tertiary/aromatic N) is 1. The summed E-state index contributed by atoms with van der Waals surface area (Å²) in [5.74, 6) is 0.647. The molecule has 0 aliphatic carbocycles. The fraction of sp³-hybridized carbons (Fsp3) is 0.538. The second-order valence-corrected chi connectivity index (χ2v) is 5.60. The molecule has 1 aromatic carbocycles. The van der Waals surface area contributed by atoms with Crippen molar-refractivity contribution in [3.05, 3.63) is 33.8 Å². The summed E-state index contributed by atoms with van der Waals surface area (Å²) in [5.41, 5.74) is 8.56. The molecule has 2 N–H and O–H groups in total. The van der Waals surface area contributed by atoms with Gasteiger partial charge in [0.15, 0.2) is 0 Å². The molecule has 1 saturated heterocycles. The third-order valence-corrected chi connectivity index (χ3v) is 4.50. The second-order valence-electron chi connectivity index (χ2n) is 4.75. The minimum Gasteiger partial charge on any atom is -0.330 e. The molecule has 88 valence electrons. The predicted octanol–water partition coefficient (Wildman–Crippen LogP) is 2.71. The zero-order valence-corrected chi connectivity index (χ0v) is 11.5. The van der Waals surface area contributed by atoms with Crippen molar-refractivity contribution in [1.82, 2.24) is 4.90 Å². The molecule has 1 aliphatic heterocycles. The highest BCUT2D eigenvalue weighted by Crippen LogP contribution is 2.36. The van der Waals surface area contributed by atoms with Crippen molar-refractivity contribution in [1.29, 1.82) is 0 Å². The number of benzene rings is 1. The van der Waals surface area contributed by atoms with E-state index in [0.717, 1.165) is 13.1 Å². The van der Waals surface area contributed by atoms with Gasteiger partial charge < -0.3 is 5.73 Å². The van der Waals surface area contributed by atoms with Crippen molar-refractivity contribution < 1.29 is 0 Å². The molecule has 0 amide bonds. The molecule has 2 atom stereocenters. The quantitative estimate of drug-likeness (QED) is 0.904. The molecule has 3 heteroatoms. The zero-order valence-electron chi connectivity index (χ0n) is 9.91. The average molecular weight is 283 g/mol. The lowest BCUT2D eigenvalue weighted by molar-refractivity contribution is 0.313. The zero-order chi connectivity index (χ0) is 11.7. The molecule has 16 heavy (non-hydrogen) atoms. The number of rotatable bonds is 2. The van der Waals surface area contributed by atoms with Crippen LogP contribution < -0.4 is 5.73 Å². The first-order valence-corrected chi connectivity index (χ1v) is 6.58. The Morgan fingerprint density at radius 3 is 2.88 bits per heavy atom. The van der Waals surface area contributed by atoms with Crippen LogP contribution in [-0.2, 0) is 0 Å². The Bertz CT molecular complexity index is 378. The first-order chi connectivity index (χ1) is 7.63. The van der Waals surface area contributed by atoms with Gasteiger partial charge in [0.05, 0.1) is 0 Å². The van der Waals surface area contributed by atoms with Crippen LogP contribution in [0.3, 0.4) is 0 Å². The van der Waals surface area contributed by atoms with Crippen LogP contribution in [0.5, 0.6) is 0 Å². The van der Waals surface area contributed by atoms with Crippen molar-refractivity contribution in [3.63, 3.8) is 0 Å². The lowest BCUT2D eigenvalue weighted by Crippen LogP contribution is -2.21. The third kappa shape index (κ3) is 2.17. The van der Waals surface area contributed by atoms with Gasteiger partial charge in [0.2, 0.25) is 0 Å². The van der Waals surface area contributed by atoms with Crippen LogP contribution in [0.4, 0.5) is 0 Å². The van der Waals surface area contributed by atoms with E-state index in [9.17, 15) is 0 Å². The molecule has 2 unspecified atom stereocenters. The van der Waals surface area contributed by atoms with Crippen LogP contribution in [0, 0.1) is 12.8 Å². The van der Waals surface area contributed by atoms with Crippen molar-refractivity contribution in [2.24, 2.45) is 11.7 Å². The summed E-state index contributed by atoms with van der Waals surface area (Å²) in [5, 5.41) is 0. The smallest absolute Gasteiger partial charge is 0.0351 e. The molecular weight excluding hydrogens is 264 g/mol. The summed E-state index contributed by atoms with van der Waals surface area (Å²) in [6.07, 6.45) is 1.18. The Morgan fingerprint density at radius 2 is 2.25 bits per heavy atom. The normalized spacial score (nSPS) is 26.2. The van der Waals surface area contributed by atoms with E-state index in [-0.39, 0.29) is 0 Å². The van der Waals surface area contributed by atoms with Crippen molar-refractivity contribution >= 4 is 15.9 Å². The van der Waals surface area contributed by atoms with Crippen LogP contribution >= 0.6 is 15.9 Å². The summed E-state index contributed by atoms with van der Waals surface area (Å²) in [4.78, 5) is 2.42. The van der Waals surface area contributed by atoms with E-state index in [1.807, 2.05) is 0 Å². The molecule has 0 saturated carbocycles. The van der Waals surface area contributed by atoms with Gasteiger partial charge in [0.1, 0.15) is 0 Å². The molecule has 2 rings (SSSR count). The van der Waals surface area contributed by atoms with Crippen LogP contribution in [0.15, 0.2) is 22.7 Å². The van der Waals surface area contributed by atoms with Crippen molar-refractivity contribution in [2.45, 2.75) is 19.4 Å². The number of likely N-dealkylation sites (tertiary alicyclic amines) is 1. The third-order valence-electron chi connectivity index (χ3n) is 3.64. The molecule has 0 bridgehead atoms.